The van der Waals surface area contributed by atoms with Crippen molar-refractivity contribution in [3.8, 4) is 0 Å². The molecule has 0 aromatic carbocycles. The van der Waals surface area contributed by atoms with Crippen molar-refractivity contribution in [2.45, 2.75) is 46.6 Å². The van der Waals surface area contributed by atoms with Crippen LogP contribution in [-0.2, 0) is 14.8 Å². The molecule has 0 heterocycles. The Hall–Kier alpha value is -0.660. The third-order valence-electron chi connectivity index (χ3n) is 3.87. The largest absolute Gasteiger partial charge is 0.356 e. The predicted molar refractivity (Wildman–Crippen MR) is 81.8 cm³/mol. The van der Waals surface area contributed by atoms with Crippen LogP contribution in [0.3, 0.4) is 0 Å². The van der Waals surface area contributed by atoms with Crippen molar-refractivity contribution in [3.63, 3.8) is 0 Å². The van der Waals surface area contributed by atoms with Gasteiger partial charge in [0.25, 0.3) is 0 Å². The molecule has 0 aliphatic heterocycles. The zero-order chi connectivity index (χ0) is 16.2. The number of amides is 1. The quantitative estimate of drug-likeness (QED) is 0.640. The fraction of sp³-hybridized carbons (Fsp3) is 0.923. The number of nitrogens with zero attached hydrogens (tertiary/aromatic N) is 1. The molecule has 0 aromatic heterocycles. The van der Waals surface area contributed by atoms with Gasteiger partial charge in [0.2, 0.25) is 15.9 Å². The summed E-state index contributed by atoms with van der Waals surface area (Å²) in [5, 5.41) is 2.82. The molecule has 7 heteroatoms. The number of nitrogens with one attached hydrogen (secondary N) is 1. The summed E-state index contributed by atoms with van der Waals surface area (Å²) in [5.74, 6) is -0.118. The zero-order valence-corrected chi connectivity index (χ0v) is 14.3. The normalized spacial score (nSPS) is 13.6. The Balaban J connectivity index is 4.31. The Morgan fingerprint density at radius 3 is 2.10 bits per heavy atom. The van der Waals surface area contributed by atoms with Crippen molar-refractivity contribution in [1.82, 2.24) is 9.62 Å². The predicted octanol–water partition coefficient (Wildman–Crippen LogP) is 0.538. The minimum Gasteiger partial charge on any atom is -0.356 e. The van der Waals surface area contributed by atoms with E-state index in [0.29, 0.717) is 26.1 Å². The van der Waals surface area contributed by atoms with Gasteiger partial charge in [-0.25, -0.2) is 12.7 Å². The number of carbonyl (C=O) groups is 1. The van der Waals surface area contributed by atoms with E-state index in [1.165, 1.54) is 10.6 Å². The van der Waals surface area contributed by atoms with Crippen molar-refractivity contribution in [1.29, 1.82) is 0 Å². The molecule has 0 aliphatic carbocycles. The Morgan fingerprint density at radius 2 is 1.75 bits per heavy atom. The average molecular weight is 307 g/mol. The SMILES string of the molecule is CCN(CCCNC(=O)C(C)(C)C(C)(C)N)S(C)(=O)=O. The molecular weight excluding hydrogens is 278 g/mol. The van der Waals surface area contributed by atoms with Crippen molar-refractivity contribution in [2.24, 2.45) is 11.1 Å². The first-order valence-corrected chi connectivity index (χ1v) is 8.71. The van der Waals surface area contributed by atoms with E-state index in [1.54, 1.807) is 20.8 Å². The fourth-order valence-electron chi connectivity index (χ4n) is 1.53. The van der Waals surface area contributed by atoms with Gasteiger partial charge in [-0.05, 0) is 34.1 Å². The first-order valence-electron chi connectivity index (χ1n) is 6.86. The van der Waals surface area contributed by atoms with Gasteiger partial charge in [-0.2, -0.15) is 0 Å². The van der Waals surface area contributed by atoms with Crippen molar-refractivity contribution >= 4 is 15.9 Å². The maximum Gasteiger partial charge on any atom is 0.227 e. The van der Waals surface area contributed by atoms with Crippen LogP contribution >= 0.6 is 0 Å². The molecule has 0 aliphatic rings. The Morgan fingerprint density at radius 1 is 1.25 bits per heavy atom. The van der Waals surface area contributed by atoms with Gasteiger partial charge in [-0.1, -0.05) is 6.92 Å². The van der Waals surface area contributed by atoms with Crippen LogP contribution in [0.1, 0.15) is 41.0 Å². The van der Waals surface area contributed by atoms with Crippen LogP contribution in [0.15, 0.2) is 0 Å². The highest BCUT2D eigenvalue weighted by Gasteiger charge is 2.40. The van der Waals surface area contributed by atoms with E-state index >= 15 is 0 Å². The smallest absolute Gasteiger partial charge is 0.227 e. The molecule has 0 radical (unpaired) electrons. The Bertz CT molecular complexity index is 425. The van der Waals surface area contributed by atoms with Crippen molar-refractivity contribution < 1.29 is 13.2 Å². The number of hydrogen-bond acceptors (Lipinski definition) is 4. The first kappa shape index (κ1) is 19.3. The van der Waals surface area contributed by atoms with Crippen LogP contribution in [0.4, 0.5) is 0 Å². The van der Waals surface area contributed by atoms with Gasteiger partial charge in [-0.15, -0.1) is 0 Å². The summed E-state index contributed by atoms with van der Waals surface area (Å²) < 4.78 is 24.2. The van der Waals surface area contributed by atoms with Gasteiger partial charge in [0, 0.05) is 25.2 Å². The van der Waals surface area contributed by atoms with Gasteiger partial charge >= 0.3 is 0 Å². The van der Waals surface area contributed by atoms with Crippen LogP contribution in [0.5, 0.6) is 0 Å². The number of sulfonamides is 1. The molecule has 0 unspecified atom stereocenters. The van der Waals surface area contributed by atoms with E-state index < -0.39 is 21.0 Å². The Labute approximate surface area is 123 Å². The van der Waals surface area contributed by atoms with E-state index in [4.69, 9.17) is 5.73 Å². The standard InChI is InChI=1S/C13H29N3O3S/c1-7-16(20(6,18)19)10-8-9-15-11(17)12(2,3)13(4,5)14/h7-10,14H2,1-6H3,(H,15,17). The van der Waals surface area contributed by atoms with Crippen LogP contribution in [0.25, 0.3) is 0 Å². The van der Waals surface area contributed by atoms with E-state index in [1.807, 2.05) is 13.8 Å². The summed E-state index contributed by atoms with van der Waals surface area (Å²) in [4.78, 5) is 12.1. The third-order valence-corrected chi connectivity index (χ3v) is 5.25. The monoisotopic (exact) mass is 307 g/mol. The summed E-state index contributed by atoms with van der Waals surface area (Å²) in [7, 11) is -3.17. The van der Waals surface area contributed by atoms with Crippen molar-refractivity contribution in [2.75, 3.05) is 25.9 Å². The van der Waals surface area contributed by atoms with Gasteiger partial charge < -0.3 is 11.1 Å². The lowest BCUT2D eigenvalue weighted by Crippen LogP contribution is -2.55. The minimum absolute atomic E-state index is 0.118. The third kappa shape index (κ3) is 5.38. The summed E-state index contributed by atoms with van der Waals surface area (Å²) in [6, 6.07) is 0. The van der Waals surface area contributed by atoms with Gasteiger partial charge in [0.05, 0.1) is 11.7 Å². The molecule has 0 aromatic rings. The molecule has 1 amide bonds. The molecular formula is C13H29N3O3S. The molecule has 0 saturated carbocycles. The molecule has 3 N–H and O–H groups in total. The van der Waals surface area contributed by atoms with E-state index in [0.717, 1.165) is 0 Å². The van der Waals surface area contributed by atoms with E-state index in [2.05, 4.69) is 5.32 Å². The van der Waals surface area contributed by atoms with Gasteiger partial charge in [-0.3, -0.25) is 4.79 Å². The maximum absolute atomic E-state index is 12.1. The van der Waals surface area contributed by atoms with Crippen LogP contribution in [0.2, 0.25) is 0 Å². The highest BCUT2D eigenvalue weighted by atomic mass is 32.2. The van der Waals surface area contributed by atoms with Crippen molar-refractivity contribution in [3.05, 3.63) is 0 Å². The second kappa shape index (κ2) is 6.87. The molecule has 20 heavy (non-hydrogen) atoms. The molecule has 0 atom stereocenters. The lowest BCUT2D eigenvalue weighted by Gasteiger charge is -2.36. The zero-order valence-electron chi connectivity index (χ0n) is 13.5. The van der Waals surface area contributed by atoms with Gasteiger partial charge in [0.15, 0.2) is 0 Å². The average Bonchev–Trinajstić information content (AvgIpc) is 2.25. The summed E-state index contributed by atoms with van der Waals surface area (Å²) >= 11 is 0. The van der Waals surface area contributed by atoms with E-state index in [9.17, 15) is 13.2 Å². The van der Waals surface area contributed by atoms with Crippen LogP contribution in [0, 0.1) is 5.41 Å². The Kier molecular flexibility index (Phi) is 6.64. The highest BCUT2D eigenvalue weighted by Crippen LogP contribution is 2.28. The second-order valence-electron chi connectivity index (χ2n) is 6.21. The molecule has 0 fully saturated rings. The lowest BCUT2D eigenvalue weighted by atomic mass is 9.74. The number of hydrogen-bond donors (Lipinski definition) is 2. The van der Waals surface area contributed by atoms with Gasteiger partial charge in [0.1, 0.15) is 0 Å². The molecule has 6 nitrogen and oxygen atoms in total. The fourth-order valence-corrected chi connectivity index (χ4v) is 2.46. The maximum atomic E-state index is 12.1. The first-order chi connectivity index (χ1) is 8.84. The summed E-state index contributed by atoms with van der Waals surface area (Å²) in [6.45, 7) is 10.3. The lowest BCUT2D eigenvalue weighted by molar-refractivity contribution is -0.132. The van der Waals surface area contributed by atoms with Crippen LogP contribution in [-0.4, -0.2) is 50.1 Å². The molecule has 120 valence electrons. The summed E-state index contributed by atoms with van der Waals surface area (Å²) in [6.07, 6.45) is 1.77. The second-order valence-corrected chi connectivity index (χ2v) is 8.19. The molecule has 0 saturated heterocycles. The number of rotatable bonds is 8. The van der Waals surface area contributed by atoms with E-state index in [-0.39, 0.29) is 5.91 Å². The van der Waals surface area contributed by atoms with Crippen LogP contribution < -0.4 is 11.1 Å². The topological polar surface area (TPSA) is 92.5 Å². The highest BCUT2D eigenvalue weighted by molar-refractivity contribution is 7.88. The molecule has 0 bridgehead atoms. The summed E-state index contributed by atoms with van der Waals surface area (Å²) in [5.41, 5.74) is 4.68. The molecule has 0 rings (SSSR count). The number of carbonyl (C=O) groups excluding carboxylic acids is 1. The molecule has 0 spiro atoms. The number of nitrogens with two attached hydrogens (primary N) is 1. The minimum atomic E-state index is -3.17.